The van der Waals surface area contributed by atoms with Crippen molar-refractivity contribution < 1.29 is 4.39 Å². The summed E-state index contributed by atoms with van der Waals surface area (Å²) in [4.78, 5) is 12.3. The van der Waals surface area contributed by atoms with Crippen LogP contribution in [-0.4, -0.2) is 4.57 Å². The van der Waals surface area contributed by atoms with E-state index < -0.39 is 0 Å². The molecule has 0 spiro atoms. The molecule has 2 rings (SSSR count). The highest BCUT2D eigenvalue weighted by molar-refractivity contribution is 5.29. The second kappa shape index (κ2) is 5.70. The summed E-state index contributed by atoms with van der Waals surface area (Å²) in [6.07, 6.45) is 0. The van der Waals surface area contributed by atoms with Crippen LogP contribution in [0.3, 0.4) is 0 Å². The molecule has 1 aromatic carbocycles. The van der Waals surface area contributed by atoms with Crippen molar-refractivity contribution in [2.45, 2.75) is 26.3 Å². The number of hydrogen-bond acceptors (Lipinski definition) is 2. The van der Waals surface area contributed by atoms with Crippen LogP contribution in [-0.2, 0) is 6.54 Å². The van der Waals surface area contributed by atoms with Crippen molar-refractivity contribution in [1.82, 2.24) is 4.57 Å². The molecule has 0 aliphatic heterocycles. The van der Waals surface area contributed by atoms with E-state index in [0.717, 1.165) is 11.3 Å². The van der Waals surface area contributed by atoms with Crippen molar-refractivity contribution in [3.8, 4) is 6.07 Å². The zero-order valence-electron chi connectivity index (χ0n) is 11.4. The maximum absolute atomic E-state index is 12.9. The average Bonchev–Trinajstić information content (AvgIpc) is 2.43. The van der Waals surface area contributed by atoms with Crippen molar-refractivity contribution in [2.24, 2.45) is 0 Å². The Bertz CT molecular complexity index is 709. The van der Waals surface area contributed by atoms with Crippen molar-refractivity contribution in [3.05, 3.63) is 69.4 Å². The molecule has 0 bridgehead atoms. The number of nitriles is 1. The summed E-state index contributed by atoms with van der Waals surface area (Å²) in [5.41, 5.74) is 1.50. The molecule has 0 amide bonds. The Hall–Kier alpha value is -2.41. The monoisotopic (exact) mass is 270 g/mol. The topological polar surface area (TPSA) is 45.8 Å². The average molecular weight is 270 g/mol. The molecule has 0 saturated carbocycles. The molecular weight excluding hydrogens is 255 g/mol. The molecule has 1 aromatic heterocycles. The van der Waals surface area contributed by atoms with Gasteiger partial charge in [0.25, 0.3) is 5.56 Å². The number of benzene rings is 1. The molecule has 0 unspecified atom stereocenters. The minimum absolute atomic E-state index is 0.122. The van der Waals surface area contributed by atoms with Gasteiger partial charge in [-0.25, -0.2) is 4.39 Å². The summed E-state index contributed by atoms with van der Waals surface area (Å²) in [7, 11) is 0. The third-order valence-electron chi connectivity index (χ3n) is 3.17. The van der Waals surface area contributed by atoms with Crippen LogP contribution in [0.15, 0.2) is 41.2 Å². The molecule has 3 nitrogen and oxygen atoms in total. The van der Waals surface area contributed by atoms with Crippen molar-refractivity contribution >= 4 is 0 Å². The van der Waals surface area contributed by atoms with Gasteiger partial charge in [-0.1, -0.05) is 26.0 Å². The number of nitrogens with zero attached hydrogens (tertiary/aromatic N) is 2. The molecule has 4 heteroatoms. The van der Waals surface area contributed by atoms with Gasteiger partial charge < -0.3 is 4.57 Å². The maximum atomic E-state index is 12.9. The van der Waals surface area contributed by atoms with Gasteiger partial charge in [0.15, 0.2) is 0 Å². The number of aromatic nitrogens is 1. The van der Waals surface area contributed by atoms with Crippen molar-refractivity contribution in [2.75, 3.05) is 0 Å². The Balaban J connectivity index is 2.51. The van der Waals surface area contributed by atoms with E-state index in [1.807, 2.05) is 19.9 Å². The Morgan fingerprint density at radius 1 is 1.20 bits per heavy atom. The fourth-order valence-electron chi connectivity index (χ4n) is 2.12. The molecule has 1 heterocycles. The van der Waals surface area contributed by atoms with Crippen LogP contribution in [0.4, 0.5) is 4.39 Å². The van der Waals surface area contributed by atoms with Gasteiger partial charge in [0.2, 0.25) is 0 Å². The maximum Gasteiger partial charge on any atom is 0.268 e. The first-order valence-corrected chi connectivity index (χ1v) is 6.41. The SMILES string of the molecule is CC(C)c1ccc(C#N)c(=O)n1Cc1ccc(F)cc1. The Morgan fingerprint density at radius 3 is 2.40 bits per heavy atom. The van der Waals surface area contributed by atoms with E-state index >= 15 is 0 Å². The molecule has 0 aliphatic carbocycles. The predicted octanol–water partition coefficient (Wildman–Crippen LogP) is 3.03. The first-order chi connectivity index (χ1) is 9.52. The third-order valence-corrected chi connectivity index (χ3v) is 3.17. The van der Waals surface area contributed by atoms with Crippen LogP contribution in [0.1, 0.15) is 36.6 Å². The highest BCUT2D eigenvalue weighted by Crippen LogP contribution is 2.15. The summed E-state index contributed by atoms with van der Waals surface area (Å²) in [5.74, 6) is -0.146. The van der Waals surface area contributed by atoms with Crippen molar-refractivity contribution in [1.29, 1.82) is 5.26 Å². The number of rotatable bonds is 3. The molecule has 0 saturated heterocycles. The molecule has 0 aliphatic rings. The standard InChI is InChI=1S/C16H15FN2O/c1-11(2)15-8-5-13(9-18)16(20)19(15)10-12-3-6-14(17)7-4-12/h3-8,11H,10H2,1-2H3. The van der Waals surface area contributed by atoms with Crippen LogP contribution < -0.4 is 5.56 Å². The molecule has 0 atom stereocenters. The van der Waals surface area contributed by atoms with Crippen LogP contribution in [0.5, 0.6) is 0 Å². The van der Waals surface area contributed by atoms with E-state index in [1.165, 1.54) is 12.1 Å². The largest absolute Gasteiger partial charge is 0.307 e. The van der Waals surface area contributed by atoms with E-state index in [0.29, 0.717) is 6.54 Å². The summed E-state index contributed by atoms with van der Waals surface area (Å²) in [6.45, 7) is 4.31. The van der Waals surface area contributed by atoms with E-state index in [1.54, 1.807) is 28.8 Å². The first-order valence-electron chi connectivity index (χ1n) is 6.41. The fraction of sp³-hybridized carbons (Fsp3) is 0.250. The van der Waals surface area contributed by atoms with E-state index in [-0.39, 0.29) is 22.9 Å². The molecule has 2 aromatic rings. The van der Waals surface area contributed by atoms with Crippen LogP contribution >= 0.6 is 0 Å². The molecule has 102 valence electrons. The lowest BCUT2D eigenvalue weighted by atomic mass is 10.1. The van der Waals surface area contributed by atoms with Crippen LogP contribution in [0.2, 0.25) is 0 Å². The highest BCUT2D eigenvalue weighted by Gasteiger charge is 2.11. The normalized spacial score (nSPS) is 10.6. The lowest BCUT2D eigenvalue weighted by Gasteiger charge is -2.16. The zero-order chi connectivity index (χ0) is 14.7. The first kappa shape index (κ1) is 14.0. The third kappa shape index (κ3) is 2.77. The van der Waals surface area contributed by atoms with Gasteiger partial charge in [0, 0.05) is 5.69 Å². The van der Waals surface area contributed by atoms with Gasteiger partial charge in [0.05, 0.1) is 6.54 Å². The zero-order valence-corrected chi connectivity index (χ0v) is 11.4. The highest BCUT2D eigenvalue weighted by atomic mass is 19.1. The molecule has 20 heavy (non-hydrogen) atoms. The Labute approximate surface area is 116 Å². The Morgan fingerprint density at radius 2 is 1.85 bits per heavy atom. The van der Waals surface area contributed by atoms with E-state index in [9.17, 15) is 9.18 Å². The molecular formula is C16H15FN2O. The minimum Gasteiger partial charge on any atom is -0.307 e. The summed E-state index contributed by atoms with van der Waals surface area (Å²) in [6, 6.07) is 11.3. The molecule has 0 N–H and O–H groups in total. The second-order valence-electron chi connectivity index (χ2n) is 4.96. The summed E-state index contributed by atoms with van der Waals surface area (Å²) >= 11 is 0. The van der Waals surface area contributed by atoms with Crippen molar-refractivity contribution in [3.63, 3.8) is 0 Å². The van der Waals surface area contributed by atoms with Crippen LogP contribution in [0, 0.1) is 17.1 Å². The summed E-state index contributed by atoms with van der Waals surface area (Å²) < 4.78 is 14.5. The number of hydrogen-bond donors (Lipinski definition) is 0. The lowest BCUT2D eigenvalue weighted by molar-refractivity contribution is 0.623. The smallest absolute Gasteiger partial charge is 0.268 e. The van der Waals surface area contributed by atoms with Gasteiger partial charge in [0.1, 0.15) is 17.4 Å². The minimum atomic E-state index is -0.309. The van der Waals surface area contributed by atoms with Gasteiger partial charge in [-0.2, -0.15) is 5.26 Å². The fourth-order valence-corrected chi connectivity index (χ4v) is 2.12. The number of pyridine rings is 1. The van der Waals surface area contributed by atoms with Gasteiger partial charge >= 0.3 is 0 Å². The van der Waals surface area contributed by atoms with Gasteiger partial charge in [-0.15, -0.1) is 0 Å². The number of halogens is 1. The summed E-state index contributed by atoms with van der Waals surface area (Å²) in [5, 5.41) is 8.96. The van der Waals surface area contributed by atoms with Gasteiger partial charge in [-0.05, 0) is 35.7 Å². The van der Waals surface area contributed by atoms with Crippen LogP contribution in [0.25, 0.3) is 0 Å². The molecule has 0 fully saturated rings. The lowest BCUT2D eigenvalue weighted by Crippen LogP contribution is -2.26. The van der Waals surface area contributed by atoms with E-state index in [4.69, 9.17) is 5.26 Å². The quantitative estimate of drug-likeness (QED) is 0.860. The van der Waals surface area contributed by atoms with E-state index in [2.05, 4.69) is 0 Å². The molecule has 0 radical (unpaired) electrons. The second-order valence-corrected chi connectivity index (χ2v) is 4.96. The van der Waals surface area contributed by atoms with Gasteiger partial charge in [-0.3, -0.25) is 4.79 Å². The predicted molar refractivity (Wildman–Crippen MR) is 75.0 cm³/mol. The Kier molecular flexibility index (Phi) is 3.99.